The van der Waals surface area contributed by atoms with Crippen LogP contribution in [0.1, 0.15) is 74.7 Å². The smallest absolute Gasteiger partial charge is 0.225 e. The van der Waals surface area contributed by atoms with Gasteiger partial charge in [-0.3, -0.25) is 4.79 Å². The van der Waals surface area contributed by atoms with Crippen molar-refractivity contribution in [1.29, 1.82) is 0 Å². The van der Waals surface area contributed by atoms with E-state index in [9.17, 15) is 9.59 Å². The van der Waals surface area contributed by atoms with E-state index >= 15 is 0 Å². The van der Waals surface area contributed by atoms with Crippen molar-refractivity contribution in [3.63, 3.8) is 0 Å². The molecule has 0 atom stereocenters. The van der Waals surface area contributed by atoms with Gasteiger partial charge in [0.1, 0.15) is 5.78 Å². The molecule has 0 aliphatic rings. The molecule has 0 aromatic heterocycles. The van der Waals surface area contributed by atoms with E-state index in [2.05, 4.69) is 33.0 Å². The SMILES string of the molecule is CCC(C)(C)C(=O)NCC(C)(C)CC(C)(C)CC(C)=O. The van der Waals surface area contributed by atoms with Crippen LogP contribution < -0.4 is 5.32 Å². The minimum absolute atomic E-state index is 0.0154. The van der Waals surface area contributed by atoms with Gasteiger partial charge in [-0.05, 0) is 30.6 Å². The molecule has 0 saturated carbocycles. The summed E-state index contributed by atoms with van der Waals surface area (Å²) >= 11 is 0. The van der Waals surface area contributed by atoms with Crippen LogP contribution in [0.4, 0.5) is 0 Å². The molecular formula is C17H33NO2. The second-order valence-electron chi connectivity index (χ2n) is 8.30. The zero-order valence-electron chi connectivity index (χ0n) is 14.6. The van der Waals surface area contributed by atoms with Gasteiger partial charge in [0.05, 0.1) is 0 Å². The average Bonchev–Trinajstić information content (AvgIpc) is 2.22. The lowest BCUT2D eigenvalue weighted by molar-refractivity contribution is -0.130. The summed E-state index contributed by atoms with van der Waals surface area (Å²) in [6, 6.07) is 0. The third-order valence-electron chi connectivity index (χ3n) is 3.91. The number of hydrogen-bond acceptors (Lipinski definition) is 2. The van der Waals surface area contributed by atoms with Gasteiger partial charge in [0.2, 0.25) is 5.91 Å². The van der Waals surface area contributed by atoms with Gasteiger partial charge in [-0.25, -0.2) is 0 Å². The molecule has 0 aromatic carbocycles. The summed E-state index contributed by atoms with van der Waals surface area (Å²) in [4.78, 5) is 23.4. The third-order valence-corrected chi connectivity index (χ3v) is 3.91. The summed E-state index contributed by atoms with van der Waals surface area (Å²) in [5.41, 5.74) is -0.357. The molecule has 3 nitrogen and oxygen atoms in total. The minimum Gasteiger partial charge on any atom is -0.355 e. The highest BCUT2D eigenvalue weighted by atomic mass is 16.2. The maximum Gasteiger partial charge on any atom is 0.225 e. The Morgan fingerprint density at radius 2 is 1.45 bits per heavy atom. The normalized spacial score (nSPS) is 13.2. The van der Waals surface area contributed by atoms with Crippen LogP contribution in [-0.2, 0) is 9.59 Å². The van der Waals surface area contributed by atoms with Crippen molar-refractivity contribution in [2.75, 3.05) is 6.54 Å². The molecule has 0 fully saturated rings. The number of ketones is 1. The van der Waals surface area contributed by atoms with Crippen LogP contribution in [0.2, 0.25) is 0 Å². The first-order valence-electron chi connectivity index (χ1n) is 7.59. The Bertz CT molecular complexity index is 354. The lowest BCUT2D eigenvalue weighted by Gasteiger charge is -2.35. The molecule has 0 aromatic rings. The topological polar surface area (TPSA) is 46.2 Å². The Balaban J connectivity index is 4.54. The minimum atomic E-state index is -0.315. The fourth-order valence-corrected chi connectivity index (χ4v) is 2.81. The van der Waals surface area contributed by atoms with Crippen LogP contribution in [0.15, 0.2) is 0 Å². The molecule has 0 spiro atoms. The largest absolute Gasteiger partial charge is 0.355 e. The zero-order valence-corrected chi connectivity index (χ0v) is 14.6. The van der Waals surface area contributed by atoms with Crippen molar-refractivity contribution in [3.05, 3.63) is 0 Å². The van der Waals surface area contributed by atoms with E-state index in [-0.39, 0.29) is 27.9 Å². The predicted molar refractivity (Wildman–Crippen MR) is 84.6 cm³/mol. The van der Waals surface area contributed by atoms with E-state index in [1.165, 1.54) is 0 Å². The molecular weight excluding hydrogens is 250 g/mol. The number of carbonyl (C=O) groups is 2. The van der Waals surface area contributed by atoms with Gasteiger partial charge in [0.15, 0.2) is 0 Å². The Hall–Kier alpha value is -0.860. The molecule has 0 saturated heterocycles. The van der Waals surface area contributed by atoms with Crippen LogP contribution in [-0.4, -0.2) is 18.2 Å². The standard InChI is InChI=1S/C17H33NO2/c1-9-17(7,8)14(20)18-12-16(5,6)11-15(3,4)10-13(2)19/h9-12H2,1-8H3,(H,18,20). The van der Waals surface area contributed by atoms with Crippen molar-refractivity contribution in [2.45, 2.75) is 74.7 Å². The van der Waals surface area contributed by atoms with Gasteiger partial charge >= 0.3 is 0 Å². The van der Waals surface area contributed by atoms with Gasteiger partial charge in [-0.1, -0.05) is 48.5 Å². The fourth-order valence-electron chi connectivity index (χ4n) is 2.81. The molecule has 1 N–H and O–H groups in total. The molecule has 3 heteroatoms. The van der Waals surface area contributed by atoms with E-state index in [1.54, 1.807) is 6.92 Å². The summed E-state index contributed by atoms with van der Waals surface area (Å²) in [7, 11) is 0. The first-order valence-corrected chi connectivity index (χ1v) is 7.59. The molecule has 1 amide bonds. The van der Waals surface area contributed by atoms with E-state index in [1.807, 2.05) is 20.8 Å². The Morgan fingerprint density at radius 1 is 0.950 bits per heavy atom. The maximum atomic E-state index is 12.1. The van der Waals surface area contributed by atoms with Crippen molar-refractivity contribution >= 4 is 11.7 Å². The van der Waals surface area contributed by atoms with Gasteiger partial charge in [-0.2, -0.15) is 0 Å². The van der Waals surface area contributed by atoms with Gasteiger partial charge < -0.3 is 10.1 Å². The van der Waals surface area contributed by atoms with Gasteiger partial charge in [0, 0.05) is 18.4 Å². The van der Waals surface area contributed by atoms with Crippen LogP contribution in [0, 0.1) is 16.2 Å². The highest BCUT2D eigenvalue weighted by Gasteiger charge is 2.32. The quantitative estimate of drug-likeness (QED) is 0.733. The summed E-state index contributed by atoms with van der Waals surface area (Å²) < 4.78 is 0. The zero-order chi connectivity index (χ0) is 16.2. The number of hydrogen-bond donors (Lipinski definition) is 1. The van der Waals surface area contributed by atoms with Crippen LogP contribution in [0.5, 0.6) is 0 Å². The van der Waals surface area contributed by atoms with Crippen molar-refractivity contribution < 1.29 is 9.59 Å². The number of carbonyl (C=O) groups excluding carboxylic acids is 2. The lowest BCUT2D eigenvalue weighted by Crippen LogP contribution is -2.42. The Kier molecular flexibility index (Phi) is 6.44. The Morgan fingerprint density at radius 3 is 1.85 bits per heavy atom. The highest BCUT2D eigenvalue weighted by molar-refractivity contribution is 5.81. The summed E-state index contributed by atoms with van der Waals surface area (Å²) in [5.74, 6) is 0.333. The van der Waals surface area contributed by atoms with Gasteiger partial charge in [0.25, 0.3) is 0 Å². The monoisotopic (exact) mass is 283 g/mol. The molecule has 0 bridgehead atoms. The lowest BCUT2D eigenvalue weighted by atomic mass is 9.72. The molecule has 0 radical (unpaired) electrons. The van der Waals surface area contributed by atoms with Crippen LogP contribution >= 0.6 is 0 Å². The van der Waals surface area contributed by atoms with E-state index in [0.29, 0.717) is 13.0 Å². The number of rotatable bonds is 8. The number of Topliss-reactive ketones (excluding diaryl/α,β-unsaturated/α-hetero) is 1. The van der Waals surface area contributed by atoms with Gasteiger partial charge in [-0.15, -0.1) is 0 Å². The molecule has 0 unspecified atom stereocenters. The van der Waals surface area contributed by atoms with E-state index < -0.39 is 0 Å². The average molecular weight is 283 g/mol. The fraction of sp³-hybridized carbons (Fsp3) is 0.882. The predicted octanol–water partition coefficient (Wildman–Crippen LogP) is 3.96. The molecule has 0 heterocycles. The number of nitrogens with one attached hydrogen (secondary N) is 1. The molecule has 0 aliphatic carbocycles. The maximum absolute atomic E-state index is 12.1. The van der Waals surface area contributed by atoms with Crippen molar-refractivity contribution in [3.8, 4) is 0 Å². The molecule has 0 aliphatic heterocycles. The second-order valence-corrected chi connectivity index (χ2v) is 8.30. The Labute approximate surface area is 124 Å². The van der Waals surface area contributed by atoms with E-state index in [4.69, 9.17) is 0 Å². The van der Waals surface area contributed by atoms with Crippen molar-refractivity contribution in [1.82, 2.24) is 5.32 Å². The van der Waals surface area contributed by atoms with E-state index in [0.717, 1.165) is 12.8 Å². The summed E-state index contributed by atoms with van der Waals surface area (Å²) in [6.07, 6.45) is 2.33. The summed E-state index contributed by atoms with van der Waals surface area (Å²) in [5, 5.41) is 3.07. The van der Waals surface area contributed by atoms with Crippen LogP contribution in [0.25, 0.3) is 0 Å². The molecule has 20 heavy (non-hydrogen) atoms. The molecule has 118 valence electrons. The second kappa shape index (κ2) is 6.73. The first kappa shape index (κ1) is 19.1. The highest BCUT2D eigenvalue weighted by Crippen LogP contribution is 2.36. The summed E-state index contributed by atoms with van der Waals surface area (Å²) in [6.45, 7) is 16.8. The molecule has 0 rings (SSSR count). The number of amides is 1. The van der Waals surface area contributed by atoms with Crippen molar-refractivity contribution in [2.24, 2.45) is 16.2 Å². The van der Waals surface area contributed by atoms with Crippen LogP contribution in [0.3, 0.4) is 0 Å². The third kappa shape index (κ3) is 7.06. The first-order chi connectivity index (χ1) is 8.81.